The third-order valence-corrected chi connectivity index (χ3v) is 8.03. The van der Waals surface area contributed by atoms with Crippen LogP contribution < -0.4 is 4.74 Å². The number of hydrogen-bond donors (Lipinski definition) is 0. The quantitative estimate of drug-likeness (QED) is 0.343. The number of rotatable bonds is 6. The van der Waals surface area contributed by atoms with Crippen molar-refractivity contribution < 1.29 is 19.1 Å². The molecule has 0 spiro atoms. The van der Waals surface area contributed by atoms with Crippen molar-refractivity contribution in [3.8, 4) is 5.75 Å². The van der Waals surface area contributed by atoms with Gasteiger partial charge in [-0.15, -0.1) is 0 Å². The van der Waals surface area contributed by atoms with Gasteiger partial charge in [-0.1, -0.05) is 42.7 Å². The standard InChI is InChI=1S/C26H26Br2N2O4S/c1-17-6-8-18(9-7-17)16-34-24-20(27)12-19(13-21(24)28)14-22-25(32)30(26(33)35-22)15-23(31)29-10-4-2-3-5-11-29/h6-9,12-14H,2-5,10-11,15-16H2,1H3. The molecule has 0 saturated carbocycles. The van der Waals surface area contributed by atoms with Crippen molar-refractivity contribution in [1.82, 2.24) is 9.80 Å². The highest BCUT2D eigenvalue weighted by atomic mass is 79.9. The summed E-state index contributed by atoms with van der Waals surface area (Å²) in [5.41, 5.74) is 2.98. The van der Waals surface area contributed by atoms with Gasteiger partial charge in [0.25, 0.3) is 11.1 Å². The Morgan fingerprint density at radius 2 is 1.66 bits per heavy atom. The summed E-state index contributed by atoms with van der Waals surface area (Å²) in [6.45, 7) is 3.62. The second kappa shape index (κ2) is 11.8. The SMILES string of the molecule is Cc1ccc(COc2c(Br)cc(C=C3SC(=O)N(CC(=O)N4CCCCCC4)C3=O)cc2Br)cc1. The largest absolute Gasteiger partial charge is 0.487 e. The normalized spacial score (nSPS) is 17.7. The molecule has 3 amide bonds. The zero-order chi connectivity index (χ0) is 24.9. The molecule has 0 radical (unpaired) electrons. The number of aryl methyl sites for hydroxylation is 1. The van der Waals surface area contributed by atoms with Crippen LogP contribution in [0.15, 0.2) is 50.2 Å². The van der Waals surface area contributed by atoms with E-state index in [9.17, 15) is 14.4 Å². The number of imide groups is 1. The summed E-state index contributed by atoms with van der Waals surface area (Å²) in [5, 5.41) is -0.416. The predicted molar refractivity (Wildman–Crippen MR) is 145 cm³/mol. The summed E-state index contributed by atoms with van der Waals surface area (Å²) in [5.74, 6) is 0.0463. The Morgan fingerprint density at radius 3 is 2.29 bits per heavy atom. The van der Waals surface area contributed by atoms with Gasteiger partial charge < -0.3 is 9.64 Å². The fourth-order valence-electron chi connectivity index (χ4n) is 3.98. The van der Waals surface area contributed by atoms with Crippen molar-refractivity contribution in [3.63, 3.8) is 0 Å². The molecule has 2 aliphatic heterocycles. The average molecular weight is 622 g/mol. The van der Waals surface area contributed by atoms with Crippen LogP contribution in [0.1, 0.15) is 42.4 Å². The van der Waals surface area contributed by atoms with E-state index in [0.29, 0.717) is 30.4 Å². The molecule has 2 aromatic rings. The molecule has 0 unspecified atom stereocenters. The molecule has 0 aromatic heterocycles. The third kappa shape index (κ3) is 6.57. The lowest BCUT2D eigenvalue weighted by atomic mass is 10.1. The summed E-state index contributed by atoms with van der Waals surface area (Å²) in [6.07, 6.45) is 5.80. The first kappa shape index (κ1) is 26.0. The maximum absolute atomic E-state index is 12.9. The minimum atomic E-state index is -0.435. The lowest BCUT2D eigenvalue weighted by Gasteiger charge is -2.22. The number of ether oxygens (including phenoxy) is 1. The van der Waals surface area contributed by atoms with E-state index in [0.717, 1.165) is 62.4 Å². The first-order chi connectivity index (χ1) is 16.8. The molecule has 2 aromatic carbocycles. The number of thioether (sulfide) groups is 1. The van der Waals surface area contributed by atoms with E-state index in [1.807, 2.05) is 43.3 Å². The lowest BCUT2D eigenvalue weighted by Crippen LogP contribution is -2.42. The number of nitrogens with zero attached hydrogens (tertiary/aromatic N) is 2. The molecule has 0 aliphatic carbocycles. The number of amides is 3. The molecular weight excluding hydrogens is 596 g/mol. The minimum absolute atomic E-state index is 0.170. The highest BCUT2D eigenvalue weighted by Gasteiger charge is 2.37. The van der Waals surface area contributed by atoms with E-state index in [4.69, 9.17) is 4.74 Å². The van der Waals surface area contributed by atoms with Crippen molar-refractivity contribution in [2.45, 2.75) is 39.2 Å². The van der Waals surface area contributed by atoms with Gasteiger partial charge in [0.2, 0.25) is 5.91 Å². The molecule has 35 heavy (non-hydrogen) atoms. The number of carbonyl (C=O) groups excluding carboxylic acids is 3. The molecule has 184 valence electrons. The Kier molecular flexibility index (Phi) is 8.73. The van der Waals surface area contributed by atoms with Crippen LogP contribution in [0.25, 0.3) is 6.08 Å². The zero-order valence-electron chi connectivity index (χ0n) is 19.4. The smallest absolute Gasteiger partial charge is 0.294 e. The Bertz CT molecular complexity index is 1140. The molecule has 2 heterocycles. The summed E-state index contributed by atoms with van der Waals surface area (Å²) in [4.78, 5) is 41.3. The second-order valence-corrected chi connectivity index (χ2v) is 11.4. The Morgan fingerprint density at radius 1 is 1.03 bits per heavy atom. The number of hydrogen-bond acceptors (Lipinski definition) is 5. The van der Waals surface area contributed by atoms with Gasteiger partial charge in [0.05, 0.1) is 13.9 Å². The monoisotopic (exact) mass is 620 g/mol. The van der Waals surface area contributed by atoms with Crippen molar-refractivity contribution in [3.05, 3.63) is 66.9 Å². The molecule has 9 heteroatoms. The van der Waals surface area contributed by atoms with Gasteiger partial charge in [0.15, 0.2) is 0 Å². The number of carbonyl (C=O) groups is 3. The molecule has 6 nitrogen and oxygen atoms in total. The van der Waals surface area contributed by atoms with Crippen molar-refractivity contribution in [1.29, 1.82) is 0 Å². The zero-order valence-corrected chi connectivity index (χ0v) is 23.4. The van der Waals surface area contributed by atoms with Crippen LogP contribution >= 0.6 is 43.6 Å². The lowest BCUT2D eigenvalue weighted by molar-refractivity contribution is -0.135. The van der Waals surface area contributed by atoms with Crippen molar-refractivity contribution in [2.24, 2.45) is 0 Å². The molecule has 0 bridgehead atoms. The second-order valence-electron chi connectivity index (χ2n) is 8.65. The maximum Gasteiger partial charge on any atom is 0.294 e. The van der Waals surface area contributed by atoms with E-state index >= 15 is 0 Å². The molecule has 2 saturated heterocycles. The van der Waals surface area contributed by atoms with E-state index in [1.165, 1.54) is 5.56 Å². The fourth-order valence-corrected chi connectivity index (χ4v) is 6.27. The van der Waals surface area contributed by atoms with Gasteiger partial charge in [-0.05, 0) is 92.7 Å². The molecular formula is C26H26Br2N2O4S. The number of likely N-dealkylation sites (tertiary alicyclic amines) is 1. The van der Waals surface area contributed by atoms with Crippen LogP contribution in [0.3, 0.4) is 0 Å². The molecule has 4 rings (SSSR count). The maximum atomic E-state index is 12.9. The van der Waals surface area contributed by atoms with Gasteiger partial charge in [-0.2, -0.15) is 0 Å². The molecule has 0 N–H and O–H groups in total. The Hall–Kier alpha value is -2.10. The van der Waals surface area contributed by atoms with Crippen LogP contribution in [0.5, 0.6) is 5.75 Å². The minimum Gasteiger partial charge on any atom is -0.487 e. The highest BCUT2D eigenvalue weighted by Crippen LogP contribution is 2.38. The average Bonchev–Trinajstić information content (AvgIpc) is 3.01. The van der Waals surface area contributed by atoms with E-state index in [-0.39, 0.29) is 12.5 Å². The number of benzene rings is 2. The van der Waals surface area contributed by atoms with E-state index in [2.05, 4.69) is 31.9 Å². The molecule has 2 fully saturated rings. The van der Waals surface area contributed by atoms with Gasteiger partial charge in [-0.3, -0.25) is 19.3 Å². The highest BCUT2D eigenvalue weighted by molar-refractivity contribution is 9.11. The summed E-state index contributed by atoms with van der Waals surface area (Å²) in [6, 6.07) is 11.8. The summed E-state index contributed by atoms with van der Waals surface area (Å²) >= 11 is 7.96. The third-order valence-electron chi connectivity index (χ3n) is 5.95. The topological polar surface area (TPSA) is 66.9 Å². The van der Waals surface area contributed by atoms with Gasteiger partial charge in [0, 0.05) is 13.1 Å². The number of halogens is 2. The van der Waals surface area contributed by atoms with Crippen LogP contribution in [0, 0.1) is 6.92 Å². The molecule has 2 aliphatic rings. The van der Waals surface area contributed by atoms with E-state index < -0.39 is 11.1 Å². The van der Waals surface area contributed by atoms with Gasteiger partial charge in [0.1, 0.15) is 18.9 Å². The first-order valence-electron chi connectivity index (χ1n) is 11.5. The fraction of sp³-hybridized carbons (Fsp3) is 0.346. The van der Waals surface area contributed by atoms with E-state index in [1.54, 1.807) is 11.0 Å². The first-order valence-corrected chi connectivity index (χ1v) is 13.9. The summed E-state index contributed by atoms with van der Waals surface area (Å²) < 4.78 is 7.44. The van der Waals surface area contributed by atoms with Crippen LogP contribution in [-0.2, 0) is 16.2 Å². The van der Waals surface area contributed by atoms with Crippen LogP contribution in [-0.4, -0.2) is 46.5 Å². The van der Waals surface area contributed by atoms with Gasteiger partial charge in [-0.25, -0.2) is 0 Å². The van der Waals surface area contributed by atoms with Crippen LogP contribution in [0.4, 0.5) is 4.79 Å². The van der Waals surface area contributed by atoms with Crippen molar-refractivity contribution >= 4 is 66.8 Å². The predicted octanol–water partition coefficient (Wildman–Crippen LogP) is 6.54. The van der Waals surface area contributed by atoms with Gasteiger partial charge >= 0.3 is 0 Å². The van der Waals surface area contributed by atoms with Crippen molar-refractivity contribution in [2.75, 3.05) is 19.6 Å². The Labute approximate surface area is 226 Å². The van der Waals surface area contributed by atoms with Crippen LogP contribution in [0.2, 0.25) is 0 Å². The summed E-state index contributed by atoms with van der Waals surface area (Å²) in [7, 11) is 0. The Balaban J connectivity index is 1.44. The molecule has 0 atom stereocenters.